The molecule has 0 aliphatic heterocycles. The molecular weight excluding hydrogens is 471 g/mol. The summed E-state index contributed by atoms with van der Waals surface area (Å²) < 4.78 is 1.96. The van der Waals surface area contributed by atoms with Gasteiger partial charge in [-0.05, 0) is 0 Å². The fourth-order valence-electron chi connectivity index (χ4n) is 2.95. The van der Waals surface area contributed by atoms with Gasteiger partial charge in [0.25, 0.3) is 0 Å². The second-order valence-electron chi connectivity index (χ2n) is 7.21. The molecule has 6 nitrogen and oxygen atoms in total. The van der Waals surface area contributed by atoms with Crippen molar-refractivity contribution in [2.24, 2.45) is 5.73 Å². The van der Waals surface area contributed by atoms with E-state index < -0.39 is 21.7 Å². The van der Waals surface area contributed by atoms with Gasteiger partial charge in [-0.1, -0.05) is 0 Å². The first-order chi connectivity index (χ1) is 14.9. The third-order valence-corrected chi connectivity index (χ3v) is 8.51. The Hall–Kier alpha value is -2.89. The molecule has 31 heavy (non-hydrogen) atoms. The summed E-state index contributed by atoms with van der Waals surface area (Å²) in [6.07, 6.45) is 1.55. The summed E-state index contributed by atoms with van der Waals surface area (Å²) in [5.74, 6) is 0.0803. The number of rotatable bonds is 6. The predicted molar refractivity (Wildman–Crippen MR) is 124 cm³/mol. The number of hydrogen-bond donors (Lipinski definition) is 2. The molecule has 155 valence electrons. The van der Waals surface area contributed by atoms with Gasteiger partial charge in [-0.25, -0.2) is 0 Å². The Labute approximate surface area is 191 Å². The first kappa shape index (κ1) is 21.3. The number of benzene rings is 2. The van der Waals surface area contributed by atoms with Crippen molar-refractivity contribution in [1.82, 2.24) is 15.0 Å². The van der Waals surface area contributed by atoms with E-state index in [9.17, 15) is 9.90 Å². The maximum absolute atomic E-state index is 11.8. The monoisotopic (exact) mass is 491 g/mol. The fraction of sp³-hybridized carbons (Fsp3) is 0.130. The van der Waals surface area contributed by atoms with Crippen LogP contribution in [-0.2, 0) is 0 Å². The molecule has 8 heteroatoms. The molecule has 0 aliphatic carbocycles. The molecule has 2 heterocycles. The predicted octanol–water partition coefficient (Wildman–Crippen LogP) is 2.76. The van der Waals surface area contributed by atoms with E-state index in [0.29, 0.717) is 17.1 Å². The molecule has 0 fully saturated rings. The van der Waals surface area contributed by atoms with Gasteiger partial charge in [-0.15, -0.1) is 0 Å². The van der Waals surface area contributed by atoms with Gasteiger partial charge in [0.1, 0.15) is 0 Å². The van der Waals surface area contributed by atoms with Crippen molar-refractivity contribution in [2.45, 2.75) is 29.6 Å². The Morgan fingerprint density at radius 2 is 1.84 bits per heavy atom. The van der Waals surface area contributed by atoms with E-state index in [2.05, 4.69) is 28.8 Å². The Bertz CT molecular complexity index is 1260. The van der Waals surface area contributed by atoms with E-state index in [1.807, 2.05) is 36.4 Å². The van der Waals surface area contributed by atoms with Crippen LogP contribution in [0.25, 0.3) is 11.0 Å². The number of primary amides is 1. The molecule has 0 bridgehead atoms. The van der Waals surface area contributed by atoms with Crippen LogP contribution in [0.5, 0.6) is 5.75 Å². The van der Waals surface area contributed by atoms with E-state index in [-0.39, 0.29) is 5.75 Å². The van der Waals surface area contributed by atoms with Gasteiger partial charge in [0.15, 0.2) is 0 Å². The first-order valence-corrected chi connectivity index (χ1v) is 12.3. The topological polar surface area (TPSA) is 102 Å². The summed E-state index contributed by atoms with van der Waals surface area (Å²) in [6, 6.07) is 16.6. The van der Waals surface area contributed by atoms with Crippen LogP contribution in [0.2, 0.25) is 0 Å². The minimum atomic E-state index is -0.554. The molecule has 3 N–H and O–H groups in total. The van der Waals surface area contributed by atoms with Crippen molar-refractivity contribution in [3.05, 3.63) is 72.2 Å². The zero-order chi connectivity index (χ0) is 22.0. The number of amides is 1. The maximum atomic E-state index is 11.8. The molecule has 0 atom stereocenters. The van der Waals surface area contributed by atoms with Crippen molar-refractivity contribution in [3.63, 3.8) is 0 Å². The summed E-state index contributed by atoms with van der Waals surface area (Å²) in [6.45, 7) is 4.20. The number of carbonyl (C=O) groups excluding carboxylic acids is 1. The number of phenolic OH excluding ortho intramolecular Hbond substituents is 1. The third-order valence-electron chi connectivity index (χ3n) is 4.62. The number of hydrogen-bond acceptors (Lipinski definition) is 6. The summed E-state index contributed by atoms with van der Waals surface area (Å²) in [5.41, 5.74) is 7.68. The second kappa shape index (κ2) is 9.08. The van der Waals surface area contributed by atoms with Crippen LogP contribution in [0.4, 0.5) is 0 Å². The molecule has 0 saturated carbocycles. The first-order valence-electron chi connectivity index (χ1n) is 9.65. The van der Waals surface area contributed by atoms with Gasteiger partial charge >= 0.3 is 191 Å². The summed E-state index contributed by atoms with van der Waals surface area (Å²) in [5, 5.41) is 10.5. The van der Waals surface area contributed by atoms with E-state index in [0.717, 1.165) is 29.7 Å². The van der Waals surface area contributed by atoms with Crippen LogP contribution in [0.3, 0.4) is 0 Å². The van der Waals surface area contributed by atoms with Crippen LogP contribution >= 0.6 is 11.8 Å². The van der Waals surface area contributed by atoms with Crippen molar-refractivity contribution in [3.8, 4) is 5.75 Å². The van der Waals surface area contributed by atoms with E-state index in [4.69, 9.17) is 5.73 Å². The fourth-order valence-corrected chi connectivity index (χ4v) is 6.45. The van der Waals surface area contributed by atoms with Crippen LogP contribution in [0, 0.1) is 0 Å². The number of pyridine rings is 1. The van der Waals surface area contributed by atoms with Crippen LogP contribution in [0.1, 0.15) is 35.8 Å². The number of aromatic hydroxyl groups is 1. The molecule has 4 rings (SSSR count). The molecule has 2 aromatic carbocycles. The molecule has 0 saturated heterocycles. The van der Waals surface area contributed by atoms with Gasteiger partial charge in [0.05, 0.1) is 0 Å². The van der Waals surface area contributed by atoms with Gasteiger partial charge in [0, 0.05) is 0 Å². The third kappa shape index (κ3) is 4.89. The molecule has 0 spiro atoms. The Kier molecular flexibility index (Phi) is 6.25. The average molecular weight is 491 g/mol. The van der Waals surface area contributed by atoms with Gasteiger partial charge < -0.3 is 0 Å². The molecule has 0 unspecified atom stereocenters. The van der Waals surface area contributed by atoms with Gasteiger partial charge in [0.2, 0.25) is 0 Å². The summed E-state index contributed by atoms with van der Waals surface area (Å²) >= 11 is 1.02. The number of aromatic nitrogens is 3. The van der Waals surface area contributed by atoms with Crippen LogP contribution < -0.4 is 14.6 Å². The molecular formula is C23H20AsN4O2S. The number of nitrogens with zero attached hydrogens (tertiary/aromatic N) is 3. The quantitative estimate of drug-likeness (QED) is 0.403. The Balaban J connectivity index is 1.75. The summed E-state index contributed by atoms with van der Waals surface area (Å²) in [7, 11) is 0. The average Bonchev–Trinajstić information content (AvgIpc) is 2.76. The van der Waals surface area contributed by atoms with Gasteiger partial charge in [-0.2, -0.15) is 0 Å². The number of phenols is 1. The van der Waals surface area contributed by atoms with E-state index >= 15 is 0 Å². The second-order valence-corrected chi connectivity index (χ2v) is 10.7. The number of carbonyl (C=O) groups is 1. The zero-order valence-electron chi connectivity index (χ0n) is 17.0. The molecule has 4 aromatic rings. The number of nitrogens with two attached hydrogens (primary N) is 1. The normalized spacial score (nSPS) is 11.6. The zero-order valence-corrected chi connectivity index (χ0v) is 19.7. The molecule has 1 radical (unpaired) electrons. The van der Waals surface area contributed by atoms with Crippen LogP contribution in [-0.4, -0.2) is 41.7 Å². The van der Waals surface area contributed by atoms with E-state index in [1.54, 1.807) is 36.3 Å². The Morgan fingerprint density at radius 1 is 1.06 bits per heavy atom. The molecule has 2 aromatic heterocycles. The van der Waals surface area contributed by atoms with Crippen molar-refractivity contribution >= 4 is 53.3 Å². The van der Waals surface area contributed by atoms with Crippen molar-refractivity contribution in [1.29, 1.82) is 0 Å². The molecule has 1 amide bonds. The van der Waals surface area contributed by atoms with Crippen molar-refractivity contribution < 1.29 is 9.90 Å². The molecule has 0 aliphatic rings. The van der Waals surface area contributed by atoms with Crippen molar-refractivity contribution in [2.75, 3.05) is 0 Å². The minimum absolute atomic E-state index is 0.223. The SMILES string of the molecule is CC(C)c1ccc2c([As]c3cc(C(N)=O)ccc3Sc3ccc(O)cc3)ncnc2n1. The Morgan fingerprint density at radius 3 is 2.55 bits per heavy atom. The standard InChI is InChI=1S/C23H20AsN4O2S/c1-13(2)19-9-8-17-21(26-12-27-23(17)28-19)24-18-11-14(22(25)30)3-10-20(18)31-16-6-4-15(29)5-7-16/h3-13,29H,1-2H3,(H2,25,30). The van der Waals surface area contributed by atoms with Crippen LogP contribution in [0.15, 0.2) is 70.7 Å². The summed E-state index contributed by atoms with van der Waals surface area (Å²) in [4.78, 5) is 27.4. The van der Waals surface area contributed by atoms with Gasteiger partial charge in [-0.3, -0.25) is 0 Å². The number of fused-ring (bicyclic) bond motifs is 1. The van der Waals surface area contributed by atoms with E-state index in [1.165, 1.54) is 0 Å².